The van der Waals surface area contributed by atoms with Gasteiger partial charge in [0.15, 0.2) is 9.84 Å². The summed E-state index contributed by atoms with van der Waals surface area (Å²) in [6.45, 7) is 1.46. The molecule has 1 fully saturated rings. The van der Waals surface area contributed by atoms with E-state index in [-0.39, 0.29) is 11.8 Å². The first-order valence-corrected chi connectivity index (χ1v) is 10.8. The Labute approximate surface area is 154 Å². The molecule has 2 heterocycles. The molecule has 26 heavy (non-hydrogen) atoms. The fourth-order valence-electron chi connectivity index (χ4n) is 3.62. The SMILES string of the molecule is O=S1(=O)CCCC(NCc2cccc(Cn3cnc4ccccc43)c2)C1. The van der Waals surface area contributed by atoms with E-state index < -0.39 is 9.84 Å². The maximum absolute atomic E-state index is 11.8. The van der Waals surface area contributed by atoms with Gasteiger partial charge in [0.05, 0.1) is 28.9 Å². The van der Waals surface area contributed by atoms with Gasteiger partial charge in [0.25, 0.3) is 0 Å². The van der Waals surface area contributed by atoms with Crippen LogP contribution in [0.2, 0.25) is 0 Å². The van der Waals surface area contributed by atoms with Gasteiger partial charge in [0, 0.05) is 19.1 Å². The third kappa shape index (κ3) is 3.97. The van der Waals surface area contributed by atoms with Crippen LogP contribution in [-0.4, -0.2) is 35.5 Å². The number of imidazole rings is 1. The van der Waals surface area contributed by atoms with Crippen LogP contribution in [0.3, 0.4) is 0 Å². The lowest BCUT2D eigenvalue weighted by Crippen LogP contribution is -2.39. The van der Waals surface area contributed by atoms with Crippen molar-refractivity contribution >= 4 is 20.9 Å². The van der Waals surface area contributed by atoms with Crippen LogP contribution >= 0.6 is 0 Å². The Bertz CT molecular complexity index is 1010. The highest BCUT2D eigenvalue weighted by Gasteiger charge is 2.24. The van der Waals surface area contributed by atoms with Gasteiger partial charge >= 0.3 is 0 Å². The van der Waals surface area contributed by atoms with Gasteiger partial charge in [0.2, 0.25) is 0 Å². The van der Waals surface area contributed by atoms with Gasteiger partial charge in [-0.3, -0.25) is 0 Å². The Kier molecular flexibility index (Phi) is 4.78. The van der Waals surface area contributed by atoms with Crippen LogP contribution in [0.5, 0.6) is 0 Å². The van der Waals surface area contributed by atoms with Crippen molar-refractivity contribution in [3.8, 4) is 0 Å². The second-order valence-corrected chi connectivity index (χ2v) is 9.24. The van der Waals surface area contributed by atoms with Crippen LogP contribution < -0.4 is 5.32 Å². The van der Waals surface area contributed by atoms with Gasteiger partial charge in [0.1, 0.15) is 0 Å². The quantitative estimate of drug-likeness (QED) is 0.751. The summed E-state index contributed by atoms with van der Waals surface area (Å²) in [5, 5.41) is 3.41. The van der Waals surface area contributed by atoms with E-state index in [1.807, 2.05) is 24.5 Å². The molecule has 4 rings (SSSR count). The van der Waals surface area contributed by atoms with E-state index in [0.717, 1.165) is 30.4 Å². The number of fused-ring (bicyclic) bond motifs is 1. The molecule has 2 aromatic carbocycles. The zero-order chi connectivity index (χ0) is 18.0. The van der Waals surface area contributed by atoms with Gasteiger partial charge in [-0.1, -0.05) is 36.4 Å². The molecule has 0 amide bonds. The second-order valence-electron chi connectivity index (χ2n) is 7.02. The normalized spacial score (nSPS) is 19.6. The highest BCUT2D eigenvalue weighted by molar-refractivity contribution is 7.91. The van der Waals surface area contributed by atoms with E-state index in [2.05, 4.69) is 45.2 Å². The van der Waals surface area contributed by atoms with E-state index in [9.17, 15) is 8.42 Å². The molecule has 0 bridgehead atoms. The minimum absolute atomic E-state index is 0.0648. The molecular weight excluding hydrogens is 346 g/mol. The molecule has 1 saturated heterocycles. The molecule has 1 unspecified atom stereocenters. The highest BCUT2D eigenvalue weighted by Crippen LogP contribution is 2.16. The first-order chi connectivity index (χ1) is 12.6. The van der Waals surface area contributed by atoms with Crippen LogP contribution in [0.25, 0.3) is 11.0 Å². The van der Waals surface area contributed by atoms with Gasteiger partial charge in [-0.05, 0) is 36.1 Å². The van der Waals surface area contributed by atoms with Gasteiger partial charge in [-0.25, -0.2) is 13.4 Å². The van der Waals surface area contributed by atoms with Crippen molar-refractivity contribution in [3.63, 3.8) is 0 Å². The number of para-hydroxylation sites is 2. The molecule has 0 spiro atoms. The number of sulfone groups is 1. The minimum atomic E-state index is -2.87. The molecule has 1 N–H and O–H groups in total. The lowest BCUT2D eigenvalue weighted by atomic mass is 10.1. The van der Waals surface area contributed by atoms with Crippen LogP contribution in [0.15, 0.2) is 54.9 Å². The van der Waals surface area contributed by atoms with Gasteiger partial charge < -0.3 is 9.88 Å². The molecule has 1 aromatic heterocycles. The Balaban J connectivity index is 1.43. The predicted octanol–water partition coefficient (Wildman–Crippen LogP) is 2.75. The Morgan fingerprint density at radius 1 is 1.12 bits per heavy atom. The lowest BCUT2D eigenvalue weighted by Gasteiger charge is -2.23. The number of nitrogens with one attached hydrogen (secondary N) is 1. The number of hydrogen-bond acceptors (Lipinski definition) is 4. The zero-order valence-corrected chi connectivity index (χ0v) is 15.5. The molecule has 0 saturated carbocycles. The van der Waals surface area contributed by atoms with Crippen LogP contribution in [-0.2, 0) is 22.9 Å². The lowest BCUT2D eigenvalue weighted by molar-refractivity contribution is 0.480. The minimum Gasteiger partial charge on any atom is -0.326 e. The summed E-state index contributed by atoms with van der Waals surface area (Å²) in [6.07, 6.45) is 3.57. The third-order valence-corrected chi connectivity index (χ3v) is 6.75. The van der Waals surface area contributed by atoms with Crippen LogP contribution in [0, 0.1) is 0 Å². The monoisotopic (exact) mass is 369 g/mol. The highest BCUT2D eigenvalue weighted by atomic mass is 32.2. The number of benzene rings is 2. The summed E-state index contributed by atoms with van der Waals surface area (Å²) in [5.74, 6) is 0.591. The van der Waals surface area contributed by atoms with Gasteiger partial charge in [-0.15, -0.1) is 0 Å². The molecule has 5 nitrogen and oxygen atoms in total. The fraction of sp³-hybridized carbons (Fsp3) is 0.350. The van der Waals surface area contributed by atoms with Crippen molar-refractivity contribution in [1.29, 1.82) is 0 Å². The van der Waals surface area contributed by atoms with Crippen LogP contribution in [0.4, 0.5) is 0 Å². The Morgan fingerprint density at radius 2 is 1.96 bits per heavy atom. The summed E-state index contributed by atoms with van der Waals surface area (Å²) in [6, 6.07) is 16.6. The maximum Gasteiger partial charge on any atom is 0.151 e. The first-order valence-electron chi connectivity index (χ1n) is 9.01. The maximum atomic E-state index is 11.8. The molecule has 1 atom stereocenters. The standard InChI is InChI=1S/C20H23N3O2S/c24-26(25)10-4-7-18(14-26)21-12-16-5-3-6-17(11-16)13-23-15-22-19-8-1-2-9-20(19)23/h1-3,5-6,8-9,11,15,18,21H,4,7,10,12-14H2. The largest absolute Gasteiger partial charge is 0.326 e. The van der Waals surface area contributed by atoms with E-state index >= 15 is 0 Å². The summed E-state index contributed by atoms with van der Waals surface area (Å²) >= 11 is 0. The molecule has 1 aliphatic heterocycles. The molecule has 1 aliphatic rings. The van der Waals surface area contributed by atoms with Crippen molar-refractivity contribution < 1.29 is 8.42 Å². The number of hydrogen-bond donors (Lipinski definition) is 1. The molecule has 3 aromatic rings. The van der Waals surface area contributed by atoms with Crippen molar-refractivity contribution in [2.24, 2.45) is 0 Å². The van der Waals surface area contributed by atoms with Crippen LogP contribution in [0.1, 0.15) is 24.0 Å². The number of aromatic nitrogens is 2. The summed E-state index contributed by atoms with van der Waals surface area (Å²) in [5.41, 5.74) is 4.52. The Hall–Kier alpha value is -2.18. The summed E-state index contributed by atoms with van der Waals surface area (Å²) < 4.78 is 25.7. The average molecular weight is 369 g/mol. The average Bonchev–Trinajstić information content (AvgIpc) is 3.03. The summed E-state index contributed by atoms with van der Waals surface area (Å²) in [7, 11) is -2.87. The first kappa shape index (κ1) is 17.2. The Morgan fingerprint density at radius 3 is 2.85 bits per heavy atom. The zero-order valence-electron chi connectivity index (χ0n) is 14.6. The van der Waals surface area contributed by atoms with E-state index in [4.69, 9.17) is 0 Å². The number of rotatable bonds is 5. The van der Waals surface area contributed by atoms with Crippen molar-refractivity contribution in [3.05, 3.63) is 66.0 Å². The van der Waals surface area contributed by atoms with E-state index in [0.29, 0.717) is 12.3 Å². The summed E-state index contributed by atoms with van der Waals surface area (Å²) in [4.78, 5) is 4.44. The second kappa shape index (κ2) is 7.21. The van der Waals surface area contributed by atoms with Crippen molar-refractivity contribution in [2.75, 3.05) is 11.5 Å². The smallest absolute Gasteiger partial charge is 0.151 e. The fourth-order valence-corrected chi connectivity index (χ4v) is 5.29. The molecule has 0 radical (unpaired) electrons. The topological polar surface area (TPSA) is 64.0 Å². The molecule has 0 aliphatic carbocycles. The molecule has 6 heteroatoms. The van der Waals surface area contributed by atoms with E-state index in [1.165, 1.54) is 11.1 Å². The van der Waals surface area contributed by atoms with E-state index in [1.54, 1.807) is 0 Å². The third-order valence-electron chi connectivity index (χ3n) is 4.93. The van der Waals surface area contributed by atoms with Gasteiger partial charge in [-0.2, -0.15) is 0 Å². The van der Waals surface area contributed by atoms with Crippen molar-refractivity contribution in [2.45, 2.75) is 32.0 Å². The number of nitrogens with zero attached hydrogens (tertiary/aromatic N) is 2. The molecule has 136 valence electrons. The molecular formula is C20H23N3O2S. The predicted molar refractivity (Wildman–Crippen MR) is 104 cm³/mol. The van der Waals surface area contributed by atoms with Crippen molar-refractivity contribution in [1.82, 2.24) is 14.9 Å².